The van der Waals surface area contributed by atoms with Gasteiger partial charge in [-0.05, 0) is 30.6 Å². The highest BCUT2D eigenvalue weighted by atomic mass is 32.1. The van der Waals surface area contributed by atoms with E-state index in [1.807, 2.05) is 0 Å². The second-order valence-corrected chi connectivity index (χ2v) is 8.07. The van der Waals surface area contributed by atoms with Crippen LogP contribution in [0.3, 0.4) is 0 Å². The van der Waals surface area contributed by atoms with Gasteiger partial charge in [0.2, 0.25) is 5.91 Å². The van der Waals surface area contributed by atoms with Gasteiger partial charge in [0.25, 0.3) is 0 Å². The van der Waals surface area contributed by atoms with Crippen LogP contribution in [0.1, 0.15) is 72.6 Å². The molecule has 1 atom stereocenters. The van der Waals surface area contributed by atoms with Gasteiger partial charge in [-0.15, -0.1) is 0 Å². The molecule has 116 valence electrons. The maximum absolute atomic E-state index is 12.3. The lowest BCUT2D eigenvalue weighted by Crippen LogP contribution is -2.57. The standard InChI is InChI=1S/C16H30N2OS/c1-12(11-15(2,3)4)10-13(19)18-16(14(17)20)8-6-5-7-9-16/h12H,5-11H2,1-4H3,(H2,17,20)(H,18,19). The first-order valence-corrected chi connectivity index (χ1v) is 8.16. The molecule has 1 fully saturated rings. The Morgan fingerprint density at radius 1 is 1.30 bits per heavy atom. The zero-order valence-electron chi connectivity index (χ0n) is 13.4. The van der Waals surface area contributed by atoms with E-state index < -0.39 is 5.54 Å². The molecule has 1 unspecified atom stereocenters. The van der Waals surface area contributed by atoms with Crippen molar-refractivity contribution in [1.29, 1.82) is 0 Å². The van der Waals surface area contributed by atoms with Gasteiger partial charge in [0.05, 0.1) is 10.5 Å². The molecular weight excluding hydrogens is 268 g/mol. The number of rotatable bonds is 5. The second kappa shape index (κ2) is 6.88. The minimum Gasteiger partial charge on any atom is -0.391 e. The molecule has 20 heavy (non-hydrogen) atoms. The summed E-state index contributed by atoms with van der Waals surface area (Å²) in [4.78, 5) is 12.7. The quantitative estimate of drug-likeness (QED) is 0.763. The Balaban J connectivity index is 2.57. The molecule has 3 N–H and O–H groups in total. The molecular formula is C16H30N2OS. The summed E-state index contributed by atoms with van der Waals surface area (Å²) < 4.78 is 0. The molecule has 0 aromatic rings. The van der Waals surface area contributed by atoms with Crippen LogP contribution >= 0.6 is 12.2 Å². The molecule has 0 aromatic heterocycles. The number of hydrogen-bond donors (Lipinski definition) is 2. The van der Waals surface area contributed by atoms with Crippen molar-refractivity contribution in [2.24, 2.45) is 17.1 Å². The number of carbonyl (C=O) groups excluding carboxylic acids is 1. The van der Waals surface area contributed by atoms with E-state index in [0.29, 0.717) is 17.3 Å². The van der Waals surface area contributed by atoms with Crippen molar-refractivity contribution >= 4 is 23.1 Å². The summed E-state index contributed by atoms with van der Waals surface area (Å²) in [5.41, 5.74) is 5.73. The van der Waals surface area contributed by atoms with E-state index in [4.69, 9.17) is 18.0 Å². The zero-order valence-corrected chi connectivity index (χ0v) is 14.2. The average molecular weight is 298 g/mol. The lowest BCUT2D eigenvalue weighted by Gasteiger charge is -2.37. The van der Waals surface area contributed by atoms with Gasteiger partial charge in [-0.2, -0.15) is 0 Å². The summed E-state index contributed by atoms with van der Waals surface area (Å²) in [6, 6.07) is 0. The number of hydrogen-bond acceptors (Lipinski definition) is 2. The monoisotopic (exact) mass is 298 g/mol. The summed E-state index contributed by atoms with van der Waals surface area (Å²) in [5.74, 6) is 0.471. The predicted octanol–water partition coefficient (Wildman–Crippen LogP) is 3.55. The molecule has 0 spiro atoms. The highest BCUT2D eigenvalue weighted by molar-refractivity contribution is 7.80. The molecule has 0 saturated heterocycles. The van der Waals surface area contributed by atoms with E-state index in [2.05, 4.69) is 33.0 Å². The topological polar surface area (TPSA) is 55.1 Å². The van der Waals surface area contributed by atoms with Crippen LogP contribution in [0.2, 0.25) is 0 Å². The average Bonchev–Trinajstić information content (AvgIpc) is 2.26. The first kappa shape index (κ1) is 17.4. The minimum absolute atomic E-state index is 0.0939. The van der Waals surface area contributed by atoms with E-state index in [1.54, 1.807) is 0 Å². The van der Waals surface area contributed by atoms with Gasteiger partial charge in [0.15, 0.2) is 0 Å². The van der Waals surface area contributed by atoms with Crippen molar-refractivity contribution in [3.8, 4) is 0 Å². The smallest absolute Gasteiger partial charge is 0.221 e. The molecule has 3 nitrogen and oxygen atoms in total. The van der Waals surface area contributed by atoms with E-state index in [1.165, 1.54) is 6.42 Å². The molecule has 0 aliphatic heterocycles. The molecule has 0 heterocycles. The molecule has 1 aliphatic rings. The van der Waals surface area contributed by atoms with E-state index in [9.17, 15) is 4.79 Å². The molecule has 1 aliphatic carbocycles. The highest BCUT2D eigenvalue weighted by Crippen LogP contribution is 2.30. The Hall–Kier alpha value is -0.640. The Morgan fingerprint density at radius 3 is 2.30 bits per heavy atom. The third-order valence-corrected chi connectivity index (χ3v) is 4.44. The largest absolute Gasteiger partial charge is 0.391 e. The summed E-state index contributed by atoms with van der Waals surface area (Å²) in [5, 5.41) is 3.14. The van der Waals surface area contributed by atoms with Crippen molar-refractivity contribution in [2.45, 2.75) is 78.2 Å². The Morgan fingerprint density at radius 2 is 1.85 bits per heavy atom. The molecule has 1 amide bonds. The number of carbonyl (C=O) groups is 1. The third kappa shape index (κ3) is 5.39. The molecule has 1 saturated carbocycles. The van der Waals surface area contributed by atoms with E-state index in [0.717, 1.165) is 32.1 Å². The fourth-order valence-corrected chi connectivity index (χ4v) is 3.60. The van der Waals surface area contributed by atoms with Crippen LogP contribution in [0.25, 0.3) is 0 Å². The molecule has 1 rings (SSSR count). The maximum atomic E-state index is 12.3. The number of nitrogens with one attached hydrogen (secondary N) is 1. The van der Waals surface area contributed by atoms with Gasteiger partial charge in [-0.3, -0.25) is 4.79 Å². The Labute approximate surface area is 129 Å². The van der Waals surface area contributed by atoms with Crippen LogP contribution in [0, 0.1) is 11.3 Å². The van der Waals surface area contributed by atoms with Gasteiger partial charge in [0, 0.05) is 6.42 Å². The van der Waals surface area contributed by atoms with Gasteiger partial charge in [0.1, 0.15) is 0 Å². The Kier molecular flexibility index (Phi) is 5.99. The van der Waals surface area contributed by atoms with Gasteiger partial charge >= 0.3 is 0 Å². The van der Waals surface area contributed by atoms with Crippen LogP contribution in [0.4, 0.5) is 0 Å². The van der Waals surface area contributed by atoms with E-state index in [-0.39, 0.29) is 11.3 Å². The molecule has 0 bridgehead atoms. The van der Waals surface area contributed by atoms with Crippen LogP contribution in [0.15, 0.2) is 0 Å². The summed E-state index contributed by atoms with van der Waals surface area (Å²) in [6.07, 6.45) is 6.77. The van der Waals surface area contributed by atoms with Gasteiger partial charge in [-0.1, -0.05) is 59.2 Å². The van der Waals surface area contributed by atoms with Gasteiger partial charge < -0.3 is 11.1 Å². The highest BCUT2D eigenvalue weighted by Gasteiger charge is 2.36. The van der Waals surface area contributed by atoms with Crippen LogP contribution in [-0.2, 0) is 4.79 Å². The fourth-order valence-electron chi connectivity index (χ4n) is 3.34. The molecule has 0 radical (unpaired) electrons. The molecule has 4 heteroatoms. The summed E-state index contributed by atoms with van der Waals surface area (Å²) in [6.45, 7) is 8.76. The lowest BCUT2D eigenvalue weighted by molar-refractivity contribution is -0.123. The third-order valence-electron chi connectivity index (χ3n) is 4.05. The van der Waals surface area contributed by atoms with Crippen LogP contribution in [0.5, 0.6) is 0 Å². The van der Waals surface area contributed by atoms with Crippen molar-refractivity contribution in [3.63, 3.8) is 0 Å². The minimum atomic E-state index is -0.424. The summed E-state index contributed by atoms with van der Waals surface area (Å²) in [7, 11) is 0. The number of thiocarbonyl (C=S) groups is 1. The molecule has 0 aromatic carbocycles. The van der Waals surface area contributed by atoms with Crippen molar-refractivity contribution < 1.29 is 4.79 Å². The SMILES string of the molecule is CC(CC(=O)NC1(C(N)=S)CCCCC1)CC(C)(C)C. The summed E-state index contributed by atoms with van der Waals surface area (Å²) >= 11 is 5.21. The van der Waals surface area contributed by atoms with Crippen molar-refractivity contribution in [1.82, 2.24) is 5.32 Å². The second-order valence-electron chi connectivity index (χ2n) is 7.63. The first-order valence-electron chi connectivity index (χ1n) is 7.75. The van der Waals surface area contributed by atoms with Crippen molar-refractivity contribution in [3.05, 3.63) is 0 Å². The normalized spacial score (nSPS) is 20.2. The predicted molar refractivity (Wildman–Crippen MR) is 88.6 cm³/mol. The van der Waals surface area contributed by atoms with Crippen molar-refractivity contribution in [2.75, 3.05) is 0 Å². The maximum Gasteiger partial charge on any atom is 0.221 e. The number of amides is 1. The zero-order chi connectivity index (χ0) is 15.4. The fraction of sp³-hybridized carbons (Fsp3) is 0.875. The van der Waals surface area contributed by atoms with Crippen LogP contribution in [-0.4, -0.2) is 16.4 Å². The van der Waals surface area contributed by atoms with Gasteiger partial charge in [-0.25, -0.2) is 0 Å². The Bertz CT molecular complexity index is 354. The first-order chi connectivity index (χ1) is 9.15. The number of nitrogens with two attached hydrogens (primary N) is 1. The van der Waals surface area contributed by atoms with E-state index >= 15 is 0 Å². The lowest BCUT2D eigenvalue weighted by atomic mass is 9.80. The van der Waals surface area contributed by atoms with Crippen LogP contribution < -0.4 is 11.1 Å².